The average molecular weight is 350 g/mol. The van der Waals surface area contributed by atoms with Gasteiger partial charge in [0.25, 0.3) is 0 Å². The maximum absolute atomic E-state index is 13.9. The van der Waals surface area contributed by atoms with Crippen LogP contribution in [0.5, 0.6) is 0 Å². The van der Waals surface area contributed by atoms with Crippen molar-refractivity contribution in [2.45, 2.75) is 6.04 Å². The lowest BCUT2D eigenvalue weighted by Crippen LogP contribution is -2.19. The number of hydrogen-bond donors (Lipinski definition) is 2. The van der Waals surface area contributed by atoms with E-state index in [9.17, 15) is 9.18 Å². The minimum absolute atomic E-state index is 0.234. The molecule has 1 unspecified atom stereocenters. The number of benzene rings is 2. The summed E-state index contributed by atoms with van der Waals surface area (Å²) in [6.07, 6.45) is 0. The fourth-order valence-electron chi connectivity index (χ4n) is 2.41. The molecule has 0 aromatic heterocycles. The molecule has 0 aliphatic carbocycles. The molecule has 6 heteroatoms. The van der Waals surface area contributed by atoms with Crippen LogP contribution in [0.25, 0.3) is 0 Å². The molecule has 0 bridgehead atoms. The highest BCUT2D eigenvalue weighted by Crippen LogP contribution is 2.40. The molecule has 1 heterocycles. The summed E-state index contributed by atoms with van der Waals surface area (Å²) >= 11 is 3.46. The van der Waals surface area contributed by atoms with Crippen LogP contribution in [-0.4, -0.2) is 13.0 Å². The summed E-state index contributed by atoms with van der Waals surface area (Å²) in [7, 11) is 1.77. The van der Waals surface area contributed by atoms with Gasteiger partial charge in [-0.25, -0.2) is 4.39 Å². The molecule has 0 fully saturated rings. The Kier molecular flexibility index (Phi) is 3.43. The van der Waals surface area contributed by atoms with E-state index in [2.05, 4.69) is 21.2 Å². The Morgan fingerprint density at radius 3 is 2.71 bits per heavy atom. The maximum Gasteiger partial charge on any atom is 0.245 e. The summed E-state index contributed by atoms with van der Waals surface area (Å²) in [6, 6.07) is 9.44. The Bertz CT molecular complexity index is 735. The minimum atomic E-state index is -0.663. The van der Waals surface area contributed by atoms with Crippen LogP contribution in [0.3, 0.4) is 0 Å². The Morgan fingerprint density at radius 1 is 1.29 bits per heavy atom. The molecule has 4 nitrogen and oxygen atoms in total. The van der Waals surface area contributed by atoms with Gasteiger partial charge in [0.05, 0.1) is 11.4 Å². The van der Waals surface area contributed by atoms with E-state index >= 15 is 0 Å². The van der Waals surface area contributed by atoms with Gasteiger partial charge < -0.3 is 16.0 Å². The van der Waals surface area contributed by atoms with E-state index < -0.39 is 6.04 Å². The molecule has 108 valence electrons. The first kappa shape index (κ1) is 14.0. The minimum Gasteiger partial charge on any atom is -0.341 e. The second kappa shape index (κ2) is 5.13. The lowest BCUT2D eigenvalue weighted by molar-refractivity contribution is -0.116. The molecule has 21 heavy (non-hydrogen) atoms. The lowest BCUT2D eigenvalue weighted by Gasteiger charge is -2.22. The van der Waals surface area contributed by atoms with Crippen molar-refractivity contribution in [2.75, 3.05) is 17.3 Å². The number of carbonyl (C=O) groups excluding carboxylic acids is 1. The van der Waals surface area contributed by atoms with Crippen molar-refractivity contribution < 1.29 is 9.18 Å². The van der Waals surface area contributed by atoms with Crippen LogP contribution in [0.15, 0.2) is 40.9 Å². The van der Waals surface area contributed by atoms with E-state index in [-0.39, 0.29) is 11.7 Å². The number of anilines is 3. The third kappa shape index (κ3) is 2.30. The van der Waals surface area contributed by atoms with Gasteiger partial charge in [-0.1, -0.05) is 12.1 Å². The van der Waals surface area contributed by atoms with Gasteiger partial charge >= 0.3 is 0 Å². The van der Waals surface area contributed by atoms with E-state index in [1.807, 2.05) is 0 Å². The number of para-hydroxylation sites is 1. The highest BCUT2D eigenvalue weighted by molar-refractivity contribution is 9.10. The second-order valence-electron chi connectivity index (χ2n) is 4.87. The number of hydrogen-bond acceptors (Lipinski definition) is 3. The van der Waals surface area contributed by atoms with Crippen LogP contribution < -0.4 is 16.0 Å². The van der Waals surface area contributed by atoms with Gasteiger partial charge in [0.2, 0.25) is 5.91 Å². The molecule has 1 atom stereocenters. The first-order chi connectivity index (χ1) is 9.99. The number of nitrogens with one attached hydrogen (secondary N) is 1. The average Bonchev–Trinajstić information content (AvgIpc) is 2.73. The van der Waals surface area contributed by atoms with E-state index in [4.69, 9.17) is 5.73 Å². The molecular formula is C15H13BrFN3O. The number of amides is 1. The molecule has 2 aromatic rings. The number of fused-ring (bicyclic) bond motifs is 1. The zero-order chi connectivity index (χ0) is 15.1. The molecule has 3 rings (SSSR count). The molecule has 3 N–H and O–H groups in total. The number of halogens is 2. The molecule has 0 saturated carbocycles. The largest absolute Gasteiger partial charge is 0.341 e. The highest BCUT2D eigenvalue weighted by atomic mass is 79.9. The molecule has 1 aliphatic heterocycles. The standard InChI is InChI=1S/C15H13BrFN3O/c1-20(12-5-3-2-4-10(12)17)13-7-11-8(6-9(13)16)14(18)15(21)19-11/h2-7,14H,18H2,1H3,(H,19,21). The molecule has 0 saturated heterocycles. The van der Waals surface area contributed by atoms with Crippen LogP contribution in [0.1, 0.15) is 11.6 Å². The summed E-state index contributed by atoms with van der Waals surface area (Å²) in [4.78, 5) is 13.3. The topological polar surface area (TPSA) is 58.4 Å². The van der Waals surface area contributed by atoms with Gasteiger partial charge in [0.15, 0.2) is 0 Å². The Hall–Kier alpha value is -1.92. The van der Waals surface area contributed by atoms with E-state index in [1.165, 1.54) is 6.07 Å². The molecule has 1 aliphatic rings. The zero-order valence-corrected chi connectivity index (χ0v) is 12.8. The van der Waals surface area contributed by atoms with Gasteiger partial charge in [-0.2, -0.15) is 0 Å². The zero-order valence-electron chi connectivity index (χ0n) is 11.2. The monoisotopic (exact) mass is 349 g/mol. The molecule has 0 spiro atoms. The fourth-order valence-corrected chi connectivity index (χ4v) is 3.03. The van der Waals surface area contributed by atoms with Crippen LogP contribution in [0.4, 0.5) is 21.5 Å². The van der Waals surface area contributed by atoms with Gasteiger partial charge in [0.1, 0.15) is 11.9 Å². The number of nitrogens with zero attached hydrogens (tertiary/aromatic N) is 1. The van der Waals surface area contributed by atoms with Crippen LogP contribution >= 0.6 is 15.9 Å². The Morgan fingerprint density at radius 2 is 2.00 bits per heavy atom. The van der Waals surface area contributed by atoms with Crippen molar-refractivity contribution in [1.29, 1.82) is 0 Å². The first-order valence-electron chi connectivity index (χ1n) is 6.37. The summed E-state index contributed by atoms with van der Waals surface area (Å²) < 4.78 is 14.7. The predicted octanol–water partition coefficient (Wildman–Crippen LogP) is 3.31. The van der Waals surface area contributed by atoms with Gasteiger partial charge in [-0.3, -0.25) is 4.79 Å². The third-order valence-electron chi connectivity index (χ3n) is 3.57. The summed E-state index contributed by atoms with van der Waals surface area (Å²) in [5.74, 6) is -0.546. The SMILES string of the molecule is CN(c1ccccc1F)c1cc2c(cc1Br)C(N)C(=O)N2. The van der Waals surface area contributed by atoms with Crippen molar-refractivity contribution in [1.82, 2.24) is 0 Å². The van der Waals surface area contributed by atoms with Crippen LogP contribution in [0, 0.1) is 5.82 Å². The van der Waals surface area contributed by atoms with Crippen molar-refractivity contribution in [3.8, 4) is 0 Å². The number of carbonyl (C=O) groups is 1. The smallest absolute Gasteiger partial charge is 0.245 e. The van der Waals surface area contributed by atoms with E-state index in [1.54, 1.807) is 42.3 Å². The molecule has 0 radical (unpaired) electrons. The van der Waals surface area contributed by atoms with Crippen molar-refractivity contribution in [3.05, 3.63) is 52.3 Å². The fraction of sp³-hybridized carbons (Fsp3) is 0.133. The van der Waals surface area contributed by atoms with Crippen molar-refractivity contribution in [2.24, 2.45) is 5.73 Å². The third-order valence-corrected chi connectivity index (χ3v) is 4.20. The quantitative estimate of drug-likeness (QED) is 0.874. The second-order valence-corrected chi connectivity index (χ2v) is 5.72. The Balaban J connectivity index is 2.07. The van der Waals surface area contributed by atoms with Gasteiger partial charge in [-0.05, 0) is 40.2 Å². The van der Waals surface area contributed by atoms with Crippen LogP contribution in [-0.2, 0) is 4.79 Å². The number of nitrogens with two attached hydrogens (primary N) is 1. The van der Waals surface area contributed by atoms with Crippen molar-refractivity contribution >= 4 is 38.9 Å². The van der Waals surface area contributed by atoms with E-state index in [0.29, 0.717) is 11.4 Å². The number of rotatable bonds is 2. The maximum atomic E-state index is 13.9. The lowest BCUT2D eigenvalue weighted by atomic mass is 10.1. The first-order valence-corrected chi connectivity index (χ1v) is 7.16. The summed E-state index contributed by atoms with van der Waals surface area (Å²) in [5, 5.41) is 2.73. The van der Waals surface area contributed by atoms with E-state index in [0.717, 1.165) is 15.7 Å². The molecule has 2 aromatic carbocycles. The Labute approximate surface area is 129 Å². The summed E-state index contributed by atoms with van der Waals surface area (Å²) in [5.41, 5.74) is 8.40. The van der Waals surface area contributed by atoms with Gasteiger partial charge in [0, 0.05) is 22.8 Å². The highest BCUT2D eigenvalue weighted by Gasteiger charge is 2.29. The van der Waals surface area contributed by atoms with Gasteiger partial charge in [-0.15, -0.1) is 0 Å². The predicted molar refractivity (Wildman–Crippen MR) is 84.2 cm³/mol. The summed E-state index contributed by atoms with van der Waals surface area (Å²) in [6.45, 7) is 0. The van der Waals surface area contributed by atoms with Crippen molar-refractivity contribution in [3.63, 3.8) is 0 Å². The molecule has 1 amide bonds. The molecular weight excluding hydrogens is 337 g/mol. The normalized spacial score (nSPS) is 16.6. The van der Waals surface area contributed by atoms with Crippen LogP contribution in [0.2, 0.25) is 0 Å².